The van der Waals surface area contributed by atoms with Crippen LogP contribution in [0.3, 0.4) is 0 Å². The van der Waals surface area contributed by atoms with Gasteiger partial charge in [-0.15, -0.1) is 0 Å². The second-order valence-corrected chi connectivity index (χ2v) is 4.28. The van der Waals surface area contributed by atoms with Gasteiger partial charge < -0.3 is 15.8 Å². The van der Waals surface area contributed by atoms with Gasteiger partial charge in [-0.2, -0.15) is 0 Å². The van der Waals surface area contributed by atoms with Crippen molar-refractivity contribution in [3.63, 3.8) is 0 Å². The van der Waals surface area contributed by atoms with Crippen LogP contribution in [0.2, 0.25) is 0 Å². The van der Waals surface area contributed by atoms with E-state index in [4.69, 9.17) is 10.5 Å². The molecule has 4 heteroatoms. The van der Waals surface area contributed by atoms with Crippen LogP contribution in [0.4, 0.5) is 0 Å². The molecule has 0 saturated heterocycles. The second-order valence-electron chi connectivity index (χ2n) is 4.28. The third-order valence-corrected chi connectivity index (χ3v) is 2.76. The zero-order chi connectivity index (χ0) is 11.9. The quantitative estimate of drug-likeness (QED) is 0.664. The van der Waals surface area contributed by atoms with E-state index in [1.807, 2.05) is 0 Å². The third-order valence-electron chi connectivity index (χ3n) is 2.76. The highest BCUT2D eigenvalue weighted by molar-refractivity contribution is 5.84. The van der Waals surface area contributed by atoms with E-state index in [0.717, 1.165) is 12.8 Å². The van der Waals surface area contributed by atoms with Gasteiger partial charge >= 0.3 is 0 Å². The summed E-state index contributed by atoms with van der Waals surface area (Å²) in [5.74, 6) is 0.395. The van der Waals surface area contributed by atoms with Crippen molar-refractivity contribution in [2.45, 2.75) is 39.2 Å². The first kappa shape index (κ1) is 14.4. The highest BCUT2D eigenvalue weighted by Crippen LogP contribution is 2.09. The van der Waals surface area contributed by atoms with Gasteiger partial charge in [-0.05, 0) is 32.7 Å². The van der Waals surface area contributed by atoms with E-state index >= 15 is 0 Å². The van der Waals surface area contributed by atoms with Crippen LogP contribution < -0.4 is 11.1 Å². The van der Waals surface area contributed by atoms with E-state index in [0.29, 0.717) is 19.0 Å². The van der Waals surface area contributed by atoms with Gasteiger partial charge in [0, 0.05) is 13.7 Å². The van der Waals surface area contributed by atoms with E-state index < -0.39 is 5.60 Å². The average Bonchev–Trinajstić information content (AvgIpc) is 2.23. The Morgan fingerprint density at radius 2 is 2.13 bits per heavy atom. The highest BCUT2D eigenvalue weighted by atomic mass is 16.5. The van der Waals surface area contributed by atoms with Crippen LogP contribution in [-0.2, 0) is 9.53 Å². The van der Waals surface area contributed by atoms with Crippen molar-refractivity contribution < 1.29 is 9.53 Å². The fraction of sp³-hybridized carbons (Fsp3) is 0.909. The zero-order valence-corrected chi connectivity index (χ0v) is 10.3. The zero-order valence-electron chi connectivity index (χ0n) is 10.3. The molecule has 0 aromatic rings. The lowest BCUT2D eigenvalue weighted by atomic mass is 10.0. The average molecular weight is 216 g/mol. The van der Waals surface area contributed by atoms with E-state index in [9.17, 15) is 4.79 Å². The SMILES string of the molecule is CCC(CCN)CNC(=O)C(C)(C)OC. The van der Waals surface area contributed by atoms with Crippen molar-refractivity contribution in [3.05, 3.63) is 0 Å². The number of carbonyl (C=O) groups is 1. The Kier molecular flexibility index (Phi) is 6.52. The number of ether oxygens (including phenoxy) is 1. The molecule has 0 aliphatic carbocycles. The lowest BCUT2D eigenvalue weighted by molar-refractivity contribution is -0.139. The largest absolute Gasteiger partial charge is 0.369 e. The van der Waals surface area contributed by atoms with Gasteiger partial charge in [-0.1, -0.05) is 13.3 Å². The number of rotatable bonds is 7. The predicted octanol–water partition coefficient (Wildman–Crippen LogP) is 0.903. The van der Waals surface area contributed by atoms with Crippen LogP contribution in [0.25, 0.3) is 0 Å². The number of nitrogens with one attached hydrogen (secondary N) is 1. The number of methoxy groups -OCH3 is 1. The van der Waals surface area contributed by atoms with Gasteiger partial charge in [-0.3, -0.25) is 4.79 Å². The number of nitrogens with two attached hydrogens (primary N) is 1. The molecule has 0 spiro atoms. The molecule has 1 amide bonds. The van der Waals surface area contributed by atoms with Crippen molar-refractivity contribution in [1.29, 1.82) is 0 Å². The summed E-state index contributed by atoms with van der Waals surface area (Å²) < 4.78 is 5.09. The molecule has 0 aromatic carbocycles. The Labute approximate surface area is 92.6 Å². The molecule has 90 valence electrons. The third kappa shape index (κ3) is 5.14. The summed E-state index contributed by atoms with van der Waals surface area (Å²) in [6, 6.07) is 0. The van der Waals surface area contributed by atoms with Crippen molar-refractivity contribution in [1.82, 2.24) is 5.32 Å². The molecule has 3 N–H and O–H groups in total. The standard InChI is InChI=1S/C11H24N2O2/c1-5-9(6-7-12)8-13-10(14)11(2,3)15-4/h9H,5-8,12H2,1-4H3,(H,13,14). The smallest absolute Gasteiger partial charge is 0.251 e. The molecule has 15 heavy (non-hydrogen) atoms. The van der Waals surface area contributed by atoms with Crippen molar-refractivity contribution in [2.24, 2.45) is 11.7 Å². The summed E-state index contributed by atoms with van der Waals surface area (Å²) in [5.41, 5.74) is 4.74. The number of amides is 1. The maximum Gasteiger partial charge on any atom is 0.251 e. The van der Waals surface area contributed by atoms with Gasteiger partial charge in [0.25, 0.3) is 5.91 Å². The molecule has 4 nitrogen and oxygen atoms in total. The van der Waals surface area contributed by atoms with E-state index in [1.54, 1.807) is 13.8 Å². The molecule has 0 bridgehead atoms. The lowest BCUT2D eigenvalue weighted by Gasteiger charge is -2.23. The van der Waals surface area contributed by atoms with Crippen molar-refractivity contribution in [3.8, 4) is 0 Å². The molecule has 0 radical (unpaired) electrons. The number of carbonyl (C=O) groups excluding carboxylic acids is 1. The van der Waals surface area contributed by atoms with Gasteiger partial charge in [0.1, 0.15) is 5.60 Å². The minimum Gasteiger partial charge on any atom is -0.369 e. The lowest BCUT2D eigenvalue weighted by Crippen LogP contribution is -2.45. The normalized spacial score (nSPS) is 13.7. The first-order chi connectivity index (χ1) is 6.97. The summed E-state index contributed by atoms with van der Waals surface area (Å²) >= 11 is 0. The van der Waals surface area contributed by atoms with Crippen LogP contribution in [0.5, 0.6) is 0 Å². The second kappa shape index (κ2) is 6.80. The maximum atomic E-state index is 11.7. The van der Waals surface area contributed by atoms with E-state index in [1.165, 1.54) is 7.11 Å². The Hall–Kier alpha value is -0.610. The minimum absolute atomic E-state index is 0.0690. The maximum absolute atomic E-state index is 11.7. The van der Waals surface area contributed by atoms with Crippen molar-refractivity contribution in [2.75, 3.05) is 20.2 Å². The molecular weight excluding hydrogens is 192 g/mol. The summed E-state index contributed by atoms with van der Waals surface area (Å²) in [6.07, 6.45) is 1.98. The molecule has 0 saturated carbocycles. The Morgan fingerprint density at radius 1 is 1.53 bits per heavy atom. The predicted molar refractivity (Wildman–Crippen MR) is 61.6 cm³/mol. The monoisotopic (exact) mass is 216 g/mol. The van der Waals surface area contributed by atoms with Crippen molar-refractivity contribution >= 4 is 5.91 Å². The van der Waals surface area contributed by atoms with Crippen LogP contribution in [-0.4, -0.2) is 31.7 Å². The molecular formula is C11H24N2O2. The Balaban J connectivity index is 3.98. The fourth-order valence-electron chi connectivity index (χ4n) is 1.23. The summed E-state index contributed by atoms with van der Waals surface area (Å²) in [5, 5.41) is 2.89. The first-order valence-electron chi connectivity index (χ1n) is 5.51. The molecule has 0 rings (SSSR count). The summed E-state index contributed by atoms with van der Waals surface area (Å²) in [7, 11) is 1.54. The molecule has 0 fully saturated rings. The molecule has 0 heterocycles. The number of hydrogen-bond donors (Lipinski definition) is 2. The highest BCUT2D eigenvalue weighted by Gasteiger charge is 2.26. The van der Waals surface area contributed by atoms with Gasteiger partial charge in [-0.25, -0.2) is 0 Å². The van der Waals surface area contributed by atoms with E-state index in [-0.39, 0.29) is 5.91 Å². The molecule has 1 unspecified atom stereocenters. The number of hydrogen-bond acceptors (Lipinski definition) is 3. The molecule has 1 atom stereocenters. The van der Waals surface area contributed by atoms with Crippen LogP contribution in [0.1, 0.15) is 33.6 Å². The van der Waals surface area contributed by atoms with Crippen LogP contribution in [0.15, 0.2) is 0 Å². The Morgan fingerprint density at radius 3 is 2.53 bits per heavy atom. The summed E-state index contributed by atoms with van der Waals surface area (Å²) in [4.78, 5) is 11.7. The first-order valence-corrected chi connectivity index (χ1v) is 5.51. The topological polar surface area (TPSA) is 64.3 Å². The summed E-state index contributed by atoms with van der Waals surface area (Å²) in [6.45, 7) is 6.97. The minimum atomic E-state index is -0.749. The van der Waals surface area contributed by atoms with Crippen LogP contribution in [0, 0.1) is 5.92 Å². The molecule has 0 aliphatic heterocycles. The van der Waals surface area contributed by atoms with Crippen LogP contribution >= 0.6 is 0 Å². The fourth-order valence-corrected chi connectivity index (χ4v) is 1.23. The van der Waals surface area contributed by atoms with Gasteiger partial charge in [0.2, 0.25) is 0 Å². The van der Waals surface area contributed by atoms with Gasteiger partial charge in [0.15, 0.2) is 0 Å². The van der Waals surface area contributed by atoms with Gasteiger partial charge in [0.05, 0.1) is 0 Å². The Bertz CT molecular complexity index is 193. The molecule has 0 aliphatic rings. The molecule has 0 aromatic heterocycles. The van der Waals surface area contributed by atoms with E-state index in [2.05, 4.69) is 12.2 Å².